The lowest BCUT2D eigenvalue weighted by Gasteiger charge is -1.99. The van der Waals surface area contributed by atoms with E-state index in [1.165, 1.54) is 10.5 Å². The summed E-state index contributed by atoms with van der Waals surface area (Å²) in [7, 11) is 0. The number of rotatable bonds is 1. The van der Waals surface area contributed by atoms with Crippen molar-refractivity contribution in [3.8, 4) is 0 Å². The van der Waals surface area contributed by atoms with Gasteiger partial charge in [-0.05, 0) is 32.3 Å². The zero-order valence-electron chi connectivity index (χ0n) is 9.22. The van der Waals surface area contributed by atoms with Crippen molar-refractivity contribution in [2.45, 2.75) is 34.6 Å². The summed E-state index contributed by atoms with van der Waals surface area (Å²) in [4.78, 5) is 5.70. The fourth-order valence-corrected chi connectivity index (χ4v) is 1.79. The van der Waals surface area contributed by atoms with E-state index in [1.807, 2.05) is 13.8 Å². The van der Waals surface area contributed by atoms with Gasteiger partial charge in [0.05, 0.1) is 5.71 Å². The minimum atomic E-state index is 0.872. The predicted molar refractivity (Wildman–Crippen MR) is 64.4 cm³/mol. The van der Waals surface area contributed by atoms with Crippen LogP contribution < -0.4 is 0 Å². The highest BCUT2D eigenvalue weighted by atomic mass is 32.2. The molecule has 0 atom stereocenters. The maximum absolute atomic E-state index is 4.38. The smallest absolute Gasteiger partial charge is 0.0717 e. The molecule has 74 valence electrons. The number of hydrogen-bond acceptors (Lipinski definition) is 2. The minimum absolute atomic E-state index is 0.872. The molecule has 1 aliphatic rings. The van der Waals surface area contributed by atoms with Crippen LogP contribution in [0.3, 0.4) is 0 Å². The van der Waals surface area contributed by atoms with Crippen LogP contribution in [0.5, 0.6) is 0 Å². The summed E-state index contributed by atoms with van der Waals surface area (Å²) in [6.07, 6.45) is 2.08. The normalized spacial score (nSPS) is 17.3. The molecular weight excluding hydrogens is 178 g/mol. The van der Waals surface area contributed by atoms with E-state index in [1.54, 1.807) is 11.8 Å². The van der Waals surface area contributed by atoms with Gasteiger partial charge < -0.3 is 0 Å². The van der Waals surface area contributed by atoms with Crippen molar-refractivity contribution in [2.24, 2.45) is 4.99 Å². The lowest BCUT2D eigenvalue weighted by Crippen LogP contribution is -1.93. The van der Waals surface area contributed by atoms with Crippen LogP contribution in [0, 0.1) is 0 Å². The van der Waals surface area contributed by atoms with Gasteiger partial charge in [-0.3, -0.25) is 4.99 Å². The van der Waals surface area contributed by atoms with E-state index in [0.717, 1.165) is 12.3 Å². The molecule has 0 aromatic carbocycles. The van der Waals surface area contributed by atoms with Gasteiger partial charge in [0, 0.05) is 11.4 Å². The lowest BCUT2D eigenvalue weighted by molar-refractivity contribution is 1.13. The van der Waals surface area contributed by atoms with Crippen molar-refractivity contribution < 1.29 is 0 Å². The molecule has 0 aliphatic carbocycles. The molecule has 1 nitrogen and oxygen atoms in total. The quantitative estimate of drug-likeness (QED) is 0.618. The Morgan fingerprint density at radius 3 is 2.46 bits per heavy atom. The summed E-state index contributed by atoms with van der Waals surface area (Å²) in [6.45, 7) is 11.2. The zero-order valence-corrected chi connectivity index (χ0v) is 10.0. The molecule has 0 fully saturated rings. The van der Waals surface area contributed by atoms with Gasteiger partial charge in [-0.15, -0.1) is 0 Å². The molecule has 1 heterocycles. The van der Waals surface area contributed by atoms with E-state index >= 15 is 0 Å². The Balaban J connectivity index is 0.000000671. The van der Waals surface area contributed by atoms with Crippen molar-refractivity contribution in [3.05, 3.63) is 22.0 Å². The molecule has 0 spiro atoms. The van der Waals surface area contributed by atoms with Gasteiger partial charge in [-0.2, -0.15) is 0 Å². The van der Waals surface area contributed by atoms with Gasteiger partial charge >= 0.3 is 0 Å². The van der Waals surface area contributed by atoms with Gasteiger partial charge in [0.2, 0.25) is 0 Å². The first-order valence-corrected chi connectivity index (χ1v) is 5.69. The van der Waals surface area contributed by atoms with Crippen LogP contribution in [-0.2, 0) is 0 Å². The molecule has 0 unspecified atom stereocenters. The van der Waals surface area contributed by atoms with Crippen molar-refractivity contribution >= 4 is 17.5 Å². The van der Waals surface area contributed by atoms with E-state index in [-0.39, 0.29) is 0 Å². The van der Waals surface area contributed by atoms with Crippen molar-refractivity contribution in [1.82, 2.24) is 0 Å². The minimum Gasteiger partial charge on any atom is -0.284 e. The molecule has 0 saturated carbocycles. The second-order valence-electron chi connectivity index (χ2n) is 2.61. The van der Waals surface area contributed by atoms with E-state index < -0.39 is 0 Å². The maximum Gasteiger partial charge on any atom is 0.0717 e. The van der Waals surface area contributed by atoms with E-state index in [0.29, 0.717) is 0 Å². The summed E-state index contributed by atoms with van der Waals surface area (Å²) >= 11 is 1.77. The van der Waals surface area contributed by atoms with Crippen LogP contribution in [-0.4, -0.2) is 12.3 Å². The first kappa shape index (κ1) is 12.5. The molecule has 13 heavy (non-hydrogen) atoms. The van der Waals surface area contributed by atoms with Gasteiger partial charge in [0.15, 0.2) is 0 Å². The first-order chi connectivity index (χ1) is 6.25. The molecular formula is C11H19NS. The average molecular weight is 197 g/mol. The number of aliphatic imine (C=N–C) groups is 1. The van der Waals surface area contributed by atoms with Crippen LogP contribution in [0.25, 0.3) is 0 Å². The lowest BCUT2D eigenvalue weighted by atomic mass is 10.2. The summed E-state index contributed by atoms with van der Waals surface area (Å²) in [5.74, 6) is 0. The van der Waals surface area contributed by atoms with E-state index in [2.05, 4.69) is 37.2 Å². The molecule has 0 aromatic rings. The largest absolute Gasteiger partial charge is 0.284 e. The van der Waals surface area contributed by atoms with Gasteiger partial charge in [0.25, 0.3) is 0 Å². The highest BCUT2D eigenvalue weighted by Gasteiger charge is 2.10. The van der Waals surface area contributed by atoms with Crippen LogP contribution in [0.1, 0.15) is 34.6 Å². The number of allylic oxidation sites excluding steroid dienone is 3. The Morgan fingerprint density at radius 1 is 1.38 bits per heavy atom. The van der Waals surface area contributed by atoms with Crippen LogP contribution in [0.15, 0.2) is 27.0 Å². The molecule has 0 radical (unpaired) electrons. The van der Waals surface area contributed by atoms with Crippen molar-refractivity contribution in [2.75, 3.05) is 6.54 Å². The first-order valence-electron chi connectivity index (χ1n) is 4.81. The highest BCUT2D eigenvalue weighted by molar-refractivity contribution is 8.07. The number of nitrogens with zero attached hydrogens (tertiary/aromatic N) is 1. The molecule has 0 aromatic heterocycles. The maximum atomic E-state index is 4.38. The average Bonchev–Trinajstić information content (AvgIpc) is 2.57. The molecule has 0 bridgehead atoms. The van der Waals surface area contributed by atoms with E-state index in [4.69, 9.17) is 0 Å². The highest BCUT2D eigenvalue weighted by Crippen LogP contribution is 2.28. The van der Waals surface area contributed by atoms with Crippen LogP contribution in [0.4, 0.5) is 0 Å². The predicted octanol–water partition coefficient (Wildman–Crippen LogP) is 4.03. The SMILES string of the molecule is CC.CCN=C1C=CSC1=C(C)C. The topological polar surface area (TPSA) is 12.4 Å². The summed E-state index contributed by atoms with van der Waals surface area (Å²) in [5, 5.41) is 2.09. The molecule has 2 heteroatoms. The van der Waals surface area contributed by atoms with Crippen molar-refractivity contribution in [1.29, 1.82) is 0 Å². The third-order valence-electron chi connectivity index (χ3n) is 1.43. The monoisotopic (exact) mass is 197 g/mol. The molecule has 1 rings (SSSR count). The second-order valence-corrected chi connectivity index (χ2v) is 3.53. The number of thioether (sulfide) groups is 1. The summed E-state index contributed by atoms with van der Waals surface area (Å²) in [6, 6.07) is 0. The Bertz CT molecular complexity index is 232. The molecule has 0 amide bonds. The summed E-state index contributed by atoms with van der Waals surface area (Å²) < 4.78 is 0. The fourth-order valence-electron chi connectivity index (χ4n) is 0.971. The van der Waals surface area contributed by atoms with Gasteiger partial charge in [-0.1, -0.05) is 31.2 Å². The molecule has 1 aliphatic heterocycles. The molecule has 0 saturated heterocycles. The Kier molecular flexibility index (Phi) is 6.69. The van der Waals surface area contributed by atoms with Crippen LogP contribution in [0.2, 0.25) is 0 Å². The van der Waals surface area contributed by atoms with E-state index in [9.17, 15) is 0 Å². The summed E-state index contributed by atoms with van der Waals surface area (Å²) in [5.41, 5.74) is 2.50. The Hall–Kier alpha value is -0.500. The molecule has 0 N–H and O–H groups in total. The van der Waals surface area contributed by atoms with Crippen LogP contribution >= 0.6 is 11.8 Å². The van der Waals surface area contributed by atoms with Gasteiger partial charge in [0.1, 0.15) is 0 Å². The zero-order chi connectivity index (χ0) is 10.3. The fraction of sp³-hybridized carbons (Fsp3) is 0.545. The van der Waals surface area contributed by atoms with Crippen molar-refractivity contribution in [3.63, 3.8) is 0 Å². The van der Waals surface area contributed by atoms with Gasteiger partial charge in [-0.25, -0.2) is 0 Å². The number of hydrogen-bond donors (Lipinski definition) is 0. The third-order valence-corrected chi connectivity index (χ3v) is 2.55. The Morgan fingerprint density at radius 2 is 2.00 bits per heavy atom. The standard InChI is InChI=1S/C9H13NS.C2H6/c1-4-10-8-5-6-11-9(8)7(2)3;1-2/h5-6H,4H2,1-3H3;1-2H3. The second kappa shape index (κ2) is 6.96. The third kappa shape index (κ3) is 3.81. The Labute approximate surface area is 86.0 Å².